The topological polar surface area (TPSA) is 156 Å². The average molecular weight is 1830 g/mol. The van der Waals surface area contributed by atoms with Crippen LogP contribution in [-0.4, -0.2) is 55.6 Å². The van der Waals surface area contributed by atoms with Gasteiger partial charge < -0.3 is 24.9 Å². The Morgan fingerprint density at radius 2 is 0.387 bits per heavy atom. The monoisotopic (exact) mass is 1830 g/mol. The number of nitrogens with one attached hydrogen (secondary N) is 5. The fourth-order valence-corrected chi connectivity index (χ4v) is 22.1. The molecule has 11 heteroatoms. The first-order valence-electron chi connectivity index (χ1n) is 50.5. The van der Waals surface area contributed by atoms with E-state index in [2.05, 4.69) is 425 Å². The molecule has 142 heavy (non-hydrogen) atoms. The number of hydrogen-bond donors (Lipinski definition) is 5. The Bertz CT molecular complexity index is 7810. The van der Waals surface area contributed by atoms with Crippen molar-refractivity contribution in [2.24, 2.45) is 4.99 Å². The van der Waals surface area contributed by atoms with Gasteiger partial charge in [0.25, 0.3) is 0 Å². The van der Waals surface area contributed by atoms with E-state index >= 15 is 0 Å². The number of aromatic nitrogens is 10. The van der Waals surface area contributed by atoms with E-state index in [0.29, 0.717) is 6.42 Å². The lowest BCUT2D eigenvalue weighted by Gasteiger charge is -2.17. The van der Waals surface area contributed by atoms with Gasteiger partial charge in [0.15, 0.2) is 0 Å². The van der Waals surface area contributed by atoms with Crippen LogP contribution in [0.4, 0.5) is 0 Å². The molecule has 0 radical (unpaired) electrons. The molecule has 1 aliphatic heterocycles. The van der Waals surface area contributed by atoms with Crippen LogP contribution < -0.4 is 0 Å². The number of H-pyrrole nitrogens is 5. The summed E-state index contributed by atoms with van der Waals surface area (Å²) in [5, 5.41) is 0. The fraction of sp³-hybridized carbons (Fsp3) is 0.130. The van der Waals surface area contributed by atoms with Gasteiger partial charge in [-0.1, -0.05) is 346 Å². The van der Waals surface area contributed by atoms with Gasteiger partial charge in [-0.15, -0.1) is 0 Å². The van der Waals surface area contributed by atoms with Gasteiger partial charge in [0.1, 0.15) is 29.1 Å². The summed E-state index contributed by atoms with van der Waals surface area (Å²) >= 11 is 0. The van der Waals surface area contributed by atoms with Crippen molar-refractivity contribution in [1.29, 1.82) is 0 Å². The zero-order valence-corrected chi connectivity index (χ0v) is 79.3. The lowest BCUT2D eigenvalue weighted by atomic mass is 9.88. The van der Waals surface area contributed by atoms with Crippen LogP contribution in [0.15, 0.2) is 405 Å². The fourth-order valence-electron chi connectivity index (χ4n) is 22.1. The van der Waals surface area contributed by atoms with Crippen LogP contribution in [0.1, 0.15) is 116 Å². The zero-order chi connectivity index (χ0) is 94.2. The third kappa shape index (κ3) is 17.5. The molecule has 0 spiro atoms. The molecule has 0 fully saturated rings. The van der Waals surface area contributed by atoms with Crippen LogP contribution in [-0.2, 0) is 77.0 Å². The molecule has 0 saturated heterocycles. The molecule has 5 aromatic heterocycles. The number of hydrogen-bond acceptors (Lipinski definition) is 6. The van der Waals surface area contributed by atoms with Crippen LogP contribution in [0.5, 0.6) is 0 Å². The third-order valence-corrected chi connectivity index (χ3v) is 29.4. The summed E-state index contributed by atoms with van der Waals surface area (Å²) in [6.07, 6.45) is 14.6. The number of allylic oxidation sites excluding steroid dienone is 1. The minimum absolute atomic E-state index is 0.618. The van der Waals surface area contributed by atoms with Gasteiger partial charge in [-0.25, -0.2) is 24.9 Å². The quantitative estimate of drug-likeness (QED) is 0.0578. The number of aryl methyl sites for hydroxylation is 12. The van der Waals surface area contributed by atoms with E-state index in [1.807, 2.05) is 0 Å². The summed E-state index contributed by atoms with van der Waals surface area (Å²) in [4.78, 5) is 54.9. The second kappa shape index (κ2) is 38.4. The second-order valence-corrected chi connectivity index (χ2v) is 38.6. The van der Waals surface area contributed by atoms with E-state index in [-0.39, 0.29) is 0 Å². The van der Waals surface area contributed by atoms with Gasteiger partial charge in [0.2, 0.25) is 0 Å². The number of aromatic amines is 5. The number of benzene rings is 16. The molecule has 6 heterocycles. The Kier molecular flexibility index (Phi) is 23.4. The average Bonchev–Trinajstić information content (AvgIpc) is 1.59. The molecule has 12 bridgehead atoms. The highest BCUT2D eigenvalue weighted by atomic mass is 15.0. The second-order valence-electron chi connectivity index (χ2n) is 38.6. The Hall–Kier alpha value is -17.0. The predicted octanol–water partition coefficient (Wildman–Crippen LogP) is 31.3. The van der Waals surface area contributed by atoms with Crippen LogP contribution in [0.25, 0.3) is 181 Å². The molecule has 5 N–H and O–H groups in total. The van der Waals surface area contributed by atoms with Gasteiger partial charge in [-0.05, 0) is 241 Å². The van der Waals surface area contributed by atoms with Crippen LogP contribution in [0.3, 0.4) is 0 Å². The number of rotatable bonds is 18. The first kappa shape index (κ1) is 86.6. The summed E-state index contributed by atoms with van der Waals surface area (Å²) in [6, 6.07) is 147. The van der Waals surface area contributed by atoms with Crippen LogP contribution in [0, 0.1) is 0 Å². The number of aliphatic imine (C=N–C) groups is 1. The summed E-state index contributed by atoms with van der Waals surface area (Å²) in [5.74, 6) is 4.34. The van der Waals surface area contributed by atoms with Crippen molar-refractivity contribution in [1.82, 2.24) is 49.8 Å². The van der Waals surface area contributed by atoms with Crippen molar-refractivity contribution in [3.05, 3.63) is 484 Å². The van der Waals surface area contributed by atoms with Crippen molar-refractivity contribution in [2.45, 2.75) is 109 Å². The van der Waals surface area contributed by atoms with Crippen LogP contribution in [0.2, 0.25) is 0 Å². The van der Waals surface area contributed by atoms with E-state index < -0.39 is 0 Å². The maximum absolute atomic E-state index is 6.18. The standard InChI is InChI=1S/C131H105N11/c1-10-36-90(37-11-1)109-83-115(108-74-88-58-59-89-65-71-96(73-72-95(108)70-64-88)114(79-89)131-137-121(101-46-20-6-21-47-101)122(138-131)102-48-22-7-23-49-102)132-116(109)105-80-106(125-123(103-50-24-8-25-51-103)139-129(141-125)112-77-86-34-28-32-84-60-66-91(54-30-56-93(112)68-62-86)110(75-84)127-133-117(97-38-12-2-13-39-97)118(134-127)98-40-14-3-15-41-98)82-107(81-105)126-124(104-52-26-9-27-53-104)140-130(142-126)113-78-87-35-29-33-85-61-67-92(55-31-57-94(113)69-63-87)111(76-85)128-135-119(99-42-16-4-17-43-99)120(136-128)100-44-18-5-19-45-100/h1-27,36-53,60-71,74-82H,28-35,54-59,72-73,83H2,(H,133,134)(H,135,136)(H,137,138)(H,139,141)(H,140,142). The lowest BCUT2D eigenvalue weighted by molar-refractivity contribution is 0.801. The van der Waals surface area contributed by atoms with E-state index in [9.17, 15) is 0 Å². The van der Waals surface area contributed by atoms with Gasteiger partial charge in [0, 0.05) is 95.4 Å². The molecule has 0 atom stereocenters. The Morgan fingerprint density at radius 3 is 0.669 bits per heavy atom. The molecule has 11 nitrogen and oxygen atoms in total. The van der Waals surface area contributed by atoms with E-state index in [1.165, 1.54) is 72.3 Å². The Balaban J connectivity index is 0.625. The molecule has 13 aliphatic rings. The first-order valence-corrected chi connectivity index (χ1v) is 50.5. The summed E-state index contributed by atoms with van der Waals surface area (Å²) < 4.78 is 0. The molecule has 34 rings (SSSR count). The van der Waals surface area contributed by atoms with Gasteiger partial charge >= 0.3 is 0 Å². The maximum Gasteiger partial charge on any atom is 0.138 e. The molecular weight excluding hydrogens is 1730 g/mol. The smallest absolute Gasteiger partial charge is 0.138 e. The molecule has 0 amide bonds. The van der Waals surface area contributed by atoms with Gasteiger partial charge in [0.05, 0.1) is 68.3 Å². The van der Waals surface area contributed by atoms with E-state index in [1.54, 1.807) is 0 Å². The van der Waals surface area contributed by atoms with E-state index in [0.717, 1.165) is 300 Å². The SMILES string of the molecule is c1ccc(C2=C(c3cc(-c4nc(-c5cc6ccc5CCCc5ccc(cc5-c5nc(-c7ccccc7)c(-c7ccccc7)[nH]5)CCC6)[nH]c4-c4ccccc4)cc(-c4nc(-c5cc6ccc5CCCc5ccc(cc5-c5nc(-c7ccccc7)c(-c7ccccc7)[nH]5)CCC6)[nH]c4-c4ccccc4)c3)N=C(c3cc4ccc3CCc3ccc(cc3-c3nc(-c5ccccc5)c(-c5ccccc5)[nH]3)CC4)C2)cc1. The van der Waals surface area contributed by atoms with Gasteiger partial charge in [-0.3, -0.25) is 4.99 Å². The highest BCUT2D eigenvalue weighted by Gasteiger charge is 2.31. The summed E-state index contributed by atoms with van der Waals surface area (Å²) in [6.45, 7) is 0. The largest absolute Gasteiger partial charge is 0.337 e. The predicted molar refractivity (Wildman–Crippen MR) is 582 cm³/mol. The Morgan fingerprint density at radius 1 is 0.169 bits per heavy atom. The van der Waals surface area contributed by atoms with E-state index in [4.69, 9.17) is 29.9 Å². The van der Waals surface area contributed by atoms with Crippen molar-refractivity contribution in [3.8, 4) is 170 Å². The first-order chi connectivity index (χ1) is 70.3. The summed E-state index contributed by atoms with van der Waals surface area (Å²) in [7, 11) is 0. The maximum atomic E-state index is 6.18. The third-order valence-electron chi connectivity index (χ3n) is 29.4. The summed E-state index contributed by atoms with van der Waals surface area (Å²) in [5.41, 5.74) is 47.4. The van der Waals surface area contributed by atoms with Crippen molar-refractivity contribution in [2.75, 3.05) is 0 Å². The normalized spacial score (nSPS) is 13.7. The van der Waals surface area contributed by atoms with Crippen molar-refractivity contribution < 1.29 is 0 Å². The van der Waals surface area contributed by atoms with Gasteiger partial charge in [-0.2, -0.15) is 0 Å². The molecule has 12 aliphatic carbocycles. The van der Waals surface area contributed by atoms with Crippen molar-refractivity contribution >= 4 is 17.0 Å². The molecule has 21 aromatic rings. The molecule has 0 unspecified atom stereocenters. The minimum atomic E-state index is 0.618. The highest BCUT2D eigenvalue weighted by Crippen LogP contribution is 2.48. The zero-order valence-electron chi connectivity index (χ0n) is 79.3. The number of nitrogens with zero attached hydrogens (tertiary/aromatic N) is 6. The van der Waals surface area contributed by atoms with Crippen LogP contribution >= 0.6 is 0 Å². The lowest BCUT2D eigenvalue weighted by Crippen LogP contribution is -2.08. The number of imidazole rings is 5. The molecular formula is C131H105N11. The molecule has 16 aromatic carbocycles. The Labute approximate surface area is 828 Å². The molecule has 0 saturated carbocycles. The van der Waals surface area contributed by atoms with Crippen molar-refractivity contribution in [3.63, 3.8) is 0 Å². The minimum Gasteiger partial charge on any atom is -0.337 e. The highest BCUT2D eigenvalue weighted by molar-refractivity contribution is 6.18. The molecule has 684 valence electrons.